The summed E-state index contributed by atoms with van der Waals surface area (Å²) in [6.45, 7) is 10.6. The molecule has 0 saturated heterocycles. The lowest BCUT2D eigenvalue weighted by Crippen LogP contribution is -2.46. The zero-order valence-electron chi connectivity index (χ0n) is 20.1. The van der Waals surface area contributed by atoms with Crippen LogP contribution in [-0.2, 0) is 10.0 Å². The van der Waals surface area contributed by atoms with Crippen LogP contribution in [0.5, 0.6) is 0 Å². The maximum atomic E-state index is 12.4. The van der Waals surface area contributed by atoms with Gasteiger partial charge in [-0.15, -0.1) is 0 Å². The minimum Gasteiger partial charge on any atom is -0.385 e. The molecule has 176 valence electrons. The van der Waals surface area contributed by atoms with Gasteiger partial charge >= 0.3 is 0 Å². The van der Waals surface area contributed by atoms with Crippen LogP contribution < -0.4 is 14.9 Å². The van der Waals surface area contributed by atoms with Gasteiger partial charge in [-0.05, 0) is 103 Å². The molecule has 2 N–H and O–H groups in total. The highest BCUT2D eigenvalue weighted by atomic mass is 32.2. The second-order valence-electron chi connectivity index (χ2n) is 10.2. The lowest BCUT2D eigenvalue weighted by molar-refractivity contribution is 0.322. The molecule has 0 radical (unpaired) electrons. The van der Waals surface area contributed by atoms with Crippen LogP contribution >= 0.6 is 0 Å². The summed E-state index contributed by atoms with van der Waals surface area (Å²) in [4.78, 5) is 2.34. The highest BCUT2D eigenvalue weighted by molar-refractivity contribution is 7.90. The number of benzene rings is 2. The van der Waals surface area contributed by atoms with E-state index in [0.717, 1.165) is 37.9 Å². The number of nitrogens with zero attached hydrogens (tertiary/aromatic N) is 1. The van der Waals surface area contributed by atoms with Crippen molar-refractivity contribution in [1.29, 1.82) is 0 Å². The predicted molar refractivity (Wildman–Crippen MR) is 136 cm³/mol. The second kappa shape index (κ2) is 10.3. The molecule has 0 spiro atoms. The van der Waals surface area contributed by atoms with Crippen molar-refractivity contribution in [2.24, 2.45) is 5.92 Å². The van der Waals surface area contributed by atoms with Gasteiger partial charge in [-0.25, -0.2) is 13.1 Å². The van der Waals surface area contributed by atoms with Crippen LogP contribution in [0.4, 0.5) is 17.1 Å². The van der Waals surface area contributed by atoms with E-state index in [9.17, 15) is 8.42 Å². The van der Waals surface area contributed by atoms with Crippen LogP contribution in [0.3, 0.4) is 0 Å². The zero-order chi connectivity index (χ0) is 23.4. The Hall–Kier alpha value is -2.05. The number of sulfonamides is 1. The van der Waals surface area contributed by atoms with Gasteiger partial charge in [-0.2, -0.15) is 0 Å². The molecular formula is C26H39N3O2S. The first kappa shape index (κ1) is 24.6. The van der Waals surface area contributed by atoms with Gasteiger partial charge in [0.05, 0.1) is 4.75 Å². The van der Waals surface area contributed by atoms with E-state index in [-0.39, 0.29) is 6.04 Å². The van der Waals surface area contributed by atoms with Crippen molar-refractivity contribution >= 4 is 27.1 Å². The quantitative estimate of drug-likeness (QED) is 0.516. The summed E-state index contributed by atoms with van der Waals surface area (Å²) in [6.07, 6.45) is 3.89. The molecule has 0 atom stereocenters. The average molecular weight is 458 g/mol. The van der Waals surface area contributed by atoms with E-state index >= 15 is 0 Å². The summed E-state index contributed by atoms with van der Waals surface area (Å²) in [5.41, 5.74) is 3.51. The monoisotopic (exact) mass is 457 g/mol. The Balaban J connectivity index is 1.51. The van der Waals surface area contributed by atoms with Crippen LogP contribution in [0.15, 0.2) is 54.6 Å². The molecule has 1 saturated carbocycles. The molecule has 3 rings (SSSR count). The van der Waals surface area contributed by atoms with Gasteiger partial charge in [-0.3, -0.25) is 0 Å². The van der Waals surface area contributed by atoms with E-state index in [4.69, 9.17) is 0 Å². The molecular weight excluding hydrogens is 418 g/mol. The molecule has 2 aromatic carbocycles. The van der Waals surface area contributed by atoms with Gasteiger partial charge in [0.25, 0.3) is 0 Å². The maximum absolute atomic E-state index is 12.4. The van der Waals surface area contributed by atoms with Crippen LogP contribution in [0.2, 0.25) is 0 Å². The zero-order valence-corrected chi connectivity index (χ0v) is 21.0. The third kappa shape index (κ3) is 6.26. The third-order valence-corrected chi connectivity index (χ3v) is 8.52. The molecule has 0 heterocycles. The fourth-order valence-electron chi connectivity index (χ4n) is 4.22. The Kier molecular flexibility index (Phi) is 7.88. The number of hydrogen-bond donors (Lipinski definition) is 2. The predicted octanol–water partition coefficient (Wildman–Crippen LogP) is 5.92. The fraction of sp³-hybridized carbons (Fsp3) is 0.538. The minimum absolute atomic E-state index is 0.0646. The van der Waals surface area contributed by atoms with Crippen LogP contribution in [-0.4, -0.2) is 31.8 Å². The first-order valence-corrected chi connectivity index (χ1v) is 13.3. The first-order chi connectivity index (χ1) is 15.1. The number of anilines is 3. The van der Waals surface area contributed by atoms with Crippen LogP contribution in [0.25, 0.3) is 0 Å². The van der Waals surface area contributed by atoms with Crippen molar-refractivity contribution in [2.45, 2.75) is 77.1 Å². The molecule has 0 bridgehead atoms. The average Bonchev–Trinajstić information content (AvgIpc) is 2.74. The number of hydrogen-bond acceptors (Lipinski definition) is 4. The first-order valence-electron chi connectivity index (χ1n) is 11.8. The van der Waals surface area contributed by atoms with Crippen molar-refractivity contribution in [1.82, 2.24) is 4.72 Å². The Morgan fingerprint density at radius 2 is 1.47 bits per heavy atom. The van der Waals surface area contributed by atoms with Crippen molar-refractivity contribution in [3.05, 3.63) is 54.6 Å². The molecule has 0 amide bonds. The van der Waals surface area contributed by atoms with Gasteiger partial charge in [-0.1, -0.05) is 18.2 Å². The molecule has 6 heteroatoms. The third-order valence-electron chi connectivity index (χ3n) is 6.27. The molecule has 32 heavy (non-hydrogen) atoms. The number of rotatable bonds is 8. The largest absolute Gasteiger partial charge is 0.385 e. The Morgan fingerprint density at radius 1 is 0.906 bits per heavy atom. The highest BCUT2D eigenvalue weighted by Crippen LogP contribution is 2.30. The lowest BCUT2D eigenvalue weighted by atomic mass is 9.86. The smallest absolute Gasteiger partial charge is 0.216 e. The summed E-state index contributed by atoms with van der Waals surface area (Å²) in [5, 5.41) is 3.58. The Morgan fingerprint density at radius 3 is 2.00 bits per heavy atom. The van der Waals surface area contributed by atoms with Crippen LogP contribution in [0.1, 0.15) is 60.3 Å². The Bertz CT molecular complexity index is 943. The second-order valence-corrected chi connectivity index (χ2v) is 12.6. The minimum atomic E-state index is -3.28. The van der Waals surface area contributed by atoms with E-state index in [2.05, 4.69) is 77.3 Å². The van der Waals surface area contributed by atoms with E-state index in [1.54, 1.807) is 20.8 Å². The summed E-state index contributed by atoms with van der Waals surface area (Å²) in [6, 6.07) is 19.6. The molecule has 5 nitrogen and oxygen atoms in total. The van der Waals surface area contributed by atoms with E-state index in [0.29, 0.717) is 12.0 Å². The fourth-order valence-corrected chi connectivity index (χ4v) is 5.24. The van der Waals surface area contributed by atoms with Crippen molar-refractivity contribution < 1.29 is 8.42 Å². The molecule has 0 aromatic heterocycles. The van der Waals surface area contributed by atoms with Crippen molar-refractivity contribution in [2.75, 3.05) is 16.8 Å². The van der Waals surface area contributed by atoms with Gasteiger partial charge in [0.2, 0.25) is 10.0 Å². The normalized spacial score (nSPS) is 19.7. The summed E-state index contributed by atoms with van der Waals surface area (Å²) in [7, 11) is -3.28. The molecule has 1 aliphatic rings. The van der Waals surface area contributed by atoms with E-state index in [1.165, 1.54) is 11.4 Å². The van der Waals surface area contributed by atoms with Crippen LogP contribution in [0, 0.1) is 5.92 Å². The Labute approximate surface area is 194 Å². The molecule has 1 aliphatic carbocycles. The molecule has 0 aliphatic heterocycles. The van der Waals surface area contributed by atoms with Gasteiger partial charge < -0.3 is 10.2 Å². The number of para-hydroxylation sites is 1. The summed E-state index contributed by atoms with van der Waals surface area (Å²) < 4.78 is 26.9. The topological polar surface area (TPSA) is 61.4 Å². The number of nitrogens with one attached hydrogen (secondary N) is 2. The maximum Gasteiger partial charge on any atom is 0.216 e. The van der Waals surface area contributed by atoms with Crippen molar-refractivity contribution in [3.63, 3.8) is 0 Å². The summed E-state index contributed by atoms with van der Waals surface area (Å²) >= 11 is 0. The van der Waals surface area contributed by atoms with Gasteiger partial charge in [0, 0.05) is 35.7 Å². The standard InChI is InChI=1S/C26H39N3O2S/c1-20(2)29(24-9-7-6-8-10-24)25-17-15-22(16-18-25)27-19-21-11-13-23(14-12-21)28-32(30,31)26(3,4)5/h6-10,15-18,20-21,23,27-28H,11-14,19H2,1-5H3. The van der Waals surface area contributed by atoms with Gasteiger partial charge in [0.15, 0.2) is 0 Å². The summed E-state index contributed by atoms with van der Waals surface area (Å²) in [5.74, 6) is 0.571. The molecule has 2 aromatic rings. The SMILES string of the molecule is CC(C)N(c1ccccc1)c1ccc(NCC2CCC(NS(=O)(=O)C(C)(C)C)CC2)cc1. The molecule has 0 unspecified atom stereocenters. The lowest BCUT2D eigenvalue weighted by Gasteiger charge is -2.31. The highest BCUT2D eigenvalue weighted by Gasteiger charge is 2.32. The van der Waals surface area contributed by atoms with Gasteiger partial charge in [0.1, 0.15) is 0 Å². The van der Waals surface area contributed by atoms with E-state index in [1.807, 2.05) is 6.07 Å². The molecule has 1 fully saturated rings. The van der Waals surface area contributed by atoms with E-state index < -0.39 is 14.8 Å². The van der Waals surface area contributed by atoms with Crippen molar-refractivity contribution in [3.8, 4) is 0 Å².